The summed E-state index contributed by atoms with van der Waals surface area (Å²) in [7, 11) is -0.568. The summed E-state index contributed by atoms with van der Waals surface area (Å²) in [5.74, 6) is 0.172. The third-order valence-corrected chi connectivity index (χ3v) is 5.11. The first-order valence-electron chi connectivity index (χ1n) is 7.57. The summed E-state index contributed by atoms with van der Waals surface area (Å²) in [5.41, 5.74) is -0.213. The third-order valence-electron chi connectivity index (χ3n) is 3.35. The van der Waals surface area contributed by atoms with Gasteiger partial charge >= 0.3 is 0 Å². The number of aromatic nitrogens is 2. The van der Waals surface area contributed by atoms with Crippen LogP contribution in [0.4, 0.5) is 0 Å². The SMILES string of the molecule is CC(C)(C)[SiH2]OC(C)(C)C1CCCC(=O)N1.c1c[nH]cn1. The number of amides is 1. The van der Waals surface area contributed by atoms with Gasteiger partial charge in [-0.05, 0) is 31.7 Å². The molecule has 0 aliphatic carbocycles. The molecule has 6 heteroatoms. The Morgan fingerprint density at radius 2 is 2.05 bits per heavy atom. The van der Waals surface area contributed by atoms with Crippen LogP contribution in [0.3, 0.4) is 0 Å². The second-order valence-electron chi connectivity index (χ2n) is 7.23. The van der Waals surface area contributed by atoms with E-state index in [-0.39, 0.29) is 17.6 Å². The Hall–Kier alpha value is -1.14. The first-order valence-corrected chi connectivity index (χ1v) is 8.85. The predicted octanol–water partition coefficient (Wildman–Crippen LogP) is 2.16. The Balaban J connectivity index is 0.000000369. The minimum Gasteiger partial charge on any atom is -0.416 e. The molecule has 2 heterocycles. The number of imidazole rings is 1. The van der Waals surface area contributed by atoms with Crippen LogP contribution in [0.25, 0.3) is 0 Å². The Labute approximate surface area is 130 Å². The van der Waals surface area contributed by atoms with Gasteiger partial charge in [0.25, 0.3) is 0 Å². The highest BCUT2D eigenvalue weighted by molar-refractivity contribution is 6.31. The van der Waals surface area contributed by atoms with Crippen molar-refractivity contribution in [2.75, 3.05) is 0 Å². The van der Waals surface area contributed by atoms with Gasteiger partial charge in [0, 0.05) is 18.8 Å². The highest BCUT2D eigenvalue weighted by atomic mass is 28.2. The molecule has 5 nitrogen and oxygen atoms in total. The van der Waals surface area contributed by atoms with Gasteiger partial charge in [-0.15, -0.1) is 0 Å². The van der Waals surface area contributed by atoms with Gasteiger partial charge in [0.15, 0.2) is 9.76 Å². The Morgan fingerprint density at radius 1 is 1.33 bits per heavy atom. The summed E-state index contributed by atoms with van der Waals surface area (Å²) in [4.78, 5) is 17.8. The van der Waals surface area contributed by atoms with Crippen LogP contribution in [0.2, 0.25) is 5.04 Å². The monoisotopic (exact) mass is 311 g/mol. The molecule has 21 heavy (non-hydrogen) atoms. The van der Waals surface area contributed by atoms with Crippen molar-refractivity contribution in [3.8, 4) is 0 Å². The molecule has 1 atom stereocenters. The molecule has 1 aromatic heterocycles. The number of rotatable bonds is 3. The molecule has 1 saturated heterocycles. The van der Waals surface area contributed by atoms with Gasteiger partial charge in [-0.1, -0.05) is 20.8 Å². The predicted molar refractivity (Wildman–Crippen MR) is 87.8 cm³/mol. The maximum absolute atomic E-state index is 11.4. The van der Waals surface area contributed by atoms with Crippen molar-refractivity contribution in [2.24, 2.45) is 0 Å². The van der Waals surface area contributed by atoms with Crippen molar-refractivity contribution in [3.63, 3.8) is 0 Å². The van der Waals surface area contributed by atoms with Gasteiger partial charge in [0.05, 0.1) is 18.0 Å². The average Bonchev–Trinajstić information content (AvgIpc) is 2.95. The summed E-state index contributed by atoms with van der Waals surface area (Å²) < 4.78 is 6.11. The van der Waals surface area contributed by atoms with Crippen LogP contribution in [0.1, 0.15) is 53.9 Å². The first kappa shape index (κ1) is 17.9. The van der Waals surface area contributed by atoms with E-state index in [2.05, 4.69) is 49.9 Å². The van der Waals surface area contributed by atoms with Gasteiger partial charge < -0.3 is 14.7 Å². The van der Waals surface area contributed by atoms with E-state index in [9.17, 15) is 4.79 Å². The molecule has 0 saturated carbocycles. The van der Waals surface area contributed by atoms with Crippen LogP contribution in [0.5, 0.6) is 0 Å². The molecule has 0 aromatic carbocycles. The normalized spacial score (nSPS) is 20.0. The van der Waals surface area contributed by atoms with Crippen LogP contribution in [0, 0.1) is 0 Å². The van der Waals surface area contributed by atoms with E-state index in [1.54, 1.807) is 18.7 Å². The summed E-state index contributed by atoms with van der Waals surface area (Å²) in [6.45, 7) is 10.8. The third kappa shape index (κ3) is 7.43. The lowest BCUT2D eigenvalue weighted by Crippen LogP contribution is -2.53. The molecule has 1 aromatic rings. The van der Waals surface area contributed by atoms with Crippen molar-refractivity contribution in [1.82, 2.24) is 15.3 Å². The molecule has 1 amide bonds. The fourth-order valence-corrected chi connectivity index (χ4v) is 3.05. The molecule has 0 bridgehead atoms. The fraction of sp³-hybridized carbons (Fsp3) is 0.733. The number of aromatic amines is 1. The topological polar surface area (TPSA) is 67.0 Å². The fourth-order valence-electron chi connectivity index (χ4n) is 2.05. The standard InChI is InChI=1S/C12H25NO2Si.C3H4N2/c1-11(2,3)16-15-12(4,5)9-7-6-8-10(14)13-9;1-2-5-3-4-1/h9H,6-8,16H2,1-5H3,(H,13,14);1-3H,(H,4,5). The van der Waals surface area contributed by atoms with E-state index in [0.29, 0.717) is 11.5 Å². The minimum atomic E-state index is -0.568. The second kappa shape index (κ2) is 7.75. The van der Waals surface area contributed by atoms with E-state index >= 15 is 0 Å². The van der Waals surface area contributed by atoms with Gasteiger partial charge in [-0.25, -0.2) is 4.98 Å². The van der Waals surface area contributed by atoms with Crippen LogP contribution in [0.15, 0.2) is 18.7 Å². The maximum Gasteiger partial charge on any atom is 0.220 e. The quantitative estimate of drug-likeness (QED) is 0.841. The van der Waals surface area contributed by atoms with Crippen molar-refractivity contribution >= 4 is 15.7 Å². The molecule has 2 N–H and O–H groups in total. The molecule has 2 rings (SSSR count). The average molecular weight is 312 g/mol. The summed E-state index contributed by atoms with van der Waals surface area (Å²) in [6.07, 6.45) is 7.78. The Morgan fingerprint density at radius 3 is 2.48 bits per heavy atom. The molecule has 0 radical (unpaired) electrons. The van der Waals surface area contributed by atoms with E-state index in [1.807, 2.05) is 0 Å². The van der Waals surface area contributed by atoms with Crippen molar-refractivity contribution in [3.05, 3.63) is 18.7 Å². The van der Waals surface area contributed by atoms with Crippen LogP contribution < -0.4 is 5.32 Å². The highest BCUT2D eigenvalue weighted by Gasteiger charge is 2.34. The van der Waals surface area contributed by atoms with Gasteiger partial charge in [-0.3, -0.25) is 4.79 Å². The van der Waals surface area contributed by atoms with Crippen LogP contribution >= 0.6 is 0 Å². The van der Waals surface area contributed by atoms with E-state index in [1.165, 1.54) is 0 Å². The lowest BCUT2D eigenvalue weighted by atomic mass is 9.91. The number of nitrogens with one attached hydrogen (secondary N) is 2. The van der Waals surface area contributed by atoms with Gasteiger partial charge in [-0.2, -0.15) is 0 Å². The van der Waals surface area contributed by atoms with Crippen molar-refractivity contribution in [1.29, 1.82) is 0 Å². The number of piperidine rings is 1. The minimum absolute atomic E-state index is 0.172. The van der Waals surface area contributed by atoms with E-state index < -0.39 is 9.76 Å². The zero-order valence-electron chi connectivity index (χ0n) is 13.9. The Kier molecular flexibility index (Phi) is 6.61. The summed E-state index contributed by atoms with van der Waals surface area (Å²) in [5, 5.41) is 3.35. The van der Waals surface area contributed by atoms with Gasteiger partial charge in [0.2, 0.25) is 5.91 Å². The molecule has 120 valence electrons. The number of carbonyl (C=O) groups excluding carboxylic acids is 1. The van der Waals surface area contributed by atoms with Crippen LogP contribution in [-0.2, 0) is 9.22 Å². The maximum atomic E-state index is 11.4. The van der Waals surface area contributed by atoms with Crippen LogP contribution in [-0.4, -0.2) is 37.3 Å². The second-order valence-corrected chi connectivity index (χ2v) is 9.92. The largest absolute Gasteiger partial charge is 0.416 e. The van der Waals surface area contributed by atoms with E-state index in [4.69, 9.17) is 4.43 Å². The lowest BCUT2D eigenvalue weighted by molar-refractivity contribution is -0.125. The van der Waals surface area contributed by atoms with Gasteiger partial charge in [0.1, 0.15) is 0 Å². The molecule has 1 aliphatic rings. The summed E-state index contributed by atoms with van der Waals surface area (Å²) >= 11 is 0. The molecule has 1 unspecified atom stereocenters. The number of carbonyl (C=O) groups is 1. The molecule has 1 aliphatic heterocycles. The van der Waals surface area contributed by atoms with Crippen molar-refractivity contribution in [2.45, 2.75) is 70.6 Å². The van der Waals surface area contributed by atoms with E-state index in [0.717, 1.165) is 12.8 Å². The lowest BCUT2D eigenvalue weighted by Gasteiger charge is -2.39. The summed E-state index contributed by atoms with van der Waals surface area (Å²) in [6, 6.07) is 0.184. The molecule has 1 fully saturated rings. The molecule has 0 spiro atoms. The Bertz CT molecular complexity index is 396. The molecular formula is C15H29N3O2Si. The first-order chi connectivity index (χ1) is 9.71. The number of nitrogens with zero attached hydrogens (tertiary/aromatic N) is 1. The zero-order chi connectivity index (χ0) is 15.9. The number of hydrogen-bond donors (Lipinski definition) is 2. The highest BCUT2D eigenvalue weighted by Crippen LogP contribution is 2.27. The number of hydrogen-bond acceptors (Lipinski definition) is 3. The molecular weight excluding hydrogens is 282 g/mol. The number of H-pyrrole nitrogens is 1. The van der Waals surface area contributed by atoms with Crippen molar-refractivity contribution < 1.29 is 9.22 Å². The zero-order valence-corrected chi connectivity index (χ0v) is 15.3. The smallest absolute Gasteiger partial charge is 0.220 e.